The Morgan fingerprint density at radius 1 is 0.680 bits per heavy atom. The Kier molecular flexibility index (Phi) is 35.5. The van der Waals surface area contributed by atoms with Crippen molar-refractivity contribution in [2.45, 2.75) is 123 Å². The summed E-state index contributed by atoms with van der Waals surface area (Å²) in [5.74, 6) is 0. The second kappa shape index (κ2) is 29.3. The molecule has 25 heavy (non-hydrogen) atoms. The molecule has 0 saturated heterocycles. The molecule has 1 atom stereocenters. The van der Waals surface area contributed by atoms with E-state index in [2.05, 4.69) is 6.92 Å². The monoisotopic (exact) mass is 380 g/mol. The van der Waals surface area contributed by atoms with Crippen LogP contribution in [0.15, 0.2) is 0 Å². The molecule has 0 saturated carbocycles. The molecule has 0 aliphatic rings. The SMILES string of the molecule is CC(O)[C-]=O.CCCCCCCCCCCCCCCCC[C-]=O.[Ca+2]. The van der Waals surface area contributed by atoms with Crippen LogP contribution in [0, 0.1) is 0 Å². The summed E-state index contributed by atoms with van der Waals surface area (Å²) in [7, 11) is 0. The number of hydrogen-bond donors (Lipinski definition) is 1. The molecule has 1 N–H and O–H groups in total. The zero-order chi connectivity index (χ0) is 18.3. The molecule has 0 radical (unpaired) electrons. The van der Waals surface area contributed by atoms with Crippen LogP contribution in [0.5, 0.6) is 0 Å². The van der Waals surface area contributed by atoms with E-state index < -0.39 is 6.10 Å². The van der Waals surface area contributed by atoms with E-state index in [0.717, 1.165) is 6.42 Å². The normalized spacial score (nSPS) is 11.0. The van der Waals surface area contributed by atoms with E-state index in [-0.39, 0.29) is 37.7 Å². The third-order valence-electron chi connectivity index (χ3n) is 4.05. The summed E-state index contributed by atoms with van der Waals surface area (Å²) in [5.41, 5.74) is 0. The van der Waals surface area contributed by atoms with E-state index in [1.165, 1.54) is 103 Å². The summed E-state index contributed by atoms with van der Waals surface area (Å²) < 4.78 is 0. The van der Waals surface area contributed by atoms with Gasteiger partial charge in [0.2, 0.25) is 0 Å². The van der Waals surface area contributed by atoms with Crippen molar-refractivity contribution in [3.05, 3.63) is 0 Å². The average molecular weight is 381 g/mol. The number of hydrogen-bond acceptors (Lipinski definition) is 3. The van der Waals surface area contributed by atoms with Crippen LogP contribution in [0.4, 0.5) is 0 Å². The Bertz CT molecular complexity index is 245. The van der Waals surface area contributed by atoms with Crippen LogP contribution in [0.25, 0.3) is 0 Å². The molecule has 4 heteroatoms. The van der Waals surface area contributed by atoms with Crippen molar-refractivity contribution in [2.24, 2.45) is 0 Å². The molecular formula is C21H40CaO3. The van der Waals surface area contributed by atoms with Gasteiger partial charge in [-0.15, -0.1) is 0 Å². The predicted molar refractivity (Wildman–Crippen MR) is 108 cm³/mol. The van der Waals surface area contributed by atoms with E-state index in [4.69, 9.17) is 9.90 Å². The fourth-order valence-corrected chi connectivity index (χ4v) is 2.57. The molecule has 0 aliphatic carbocycles. The molecule has 0 fully saturated rings. The van der Waals surface area contributed by atoms with Gasteiger partial charge in [0.15, 0.2) is 0 Å². The molecule has 0 rings (SSSR count). The van der Waals surface area contributed by atoms with Gasteiger partial charge in [0.05, 0.1) is 0 Å². The molecule has 0 aliphatic heterocycles. The third-order valence-corrected chi connectivity index (χ3v) is 4.05. The number of aliphatic hydroxyl groups is 1. The van der Waals surface area contributed by atoms with Crippen molar-refractivity contribution < 1.29 is 14.7 Å². The van der Waals surface area contributed by atoms with Crippen LogP contribution < -0.4 is 0 Å². The maximum Gasteiger partial charge on any atom is 2.00 e. The minimum absolute atomic E-state index is 0. The zero-order valence-corrected chi connectivity index (χ0v) is 19.1. The van der Waals surface area contributed by atoms with Crippen LogP contribution >= 0.6 is 0 Å². The summed E-state index contributed by atoms with van der Waals surface area (Å²) in [6, 6.07) is 0. The first-order chi connectivity index (χ1) is 11.7. The van der Waals surface area contributed by atoms with E-state index in [0.29, 0.717) is 6.42 Å². The maximum atomic E-state index is 10.0. The summed E-state index contributed by atoms with van der Waals surface area (Å²) in [4.78, 5) is 19.1. The van der Waals surface area contributed by atoms with Gasteiger partial charge in [0, 0.05) is 0 Å². The van der Waals surface area contributed by atoms with E-state index in [1.807, 2.05) is 6.29 Å². The molecular weight excluding hydrogens is 340 g/mol. The fourth-order valence-electron chi connectivity index (χ4n) is 2.57. The first-order valence-electron chi connectivity index (χ1n) is 10.1. The van der Waals surface area contributed by atoms with Gasteiger partial charge in [-0.1, -0.05) is 110 Å². The molecule has 0 aromatic carbocycles. The van der Waals surface area contributed by atoms with Gasteiger partial charge in [-0.25, -0.2) is 6.29 Å². The number of unbranched alkanes of at least 4 members (excludes halogenated alkanes) is 15. The topological polar surface area (TPSA) is 54.4 Å². The Morgan fingerprint density at radius 3 is 1.20 bits per heavy atom. The number of rotatable bonds is 17. The summed E-state index contributed by atoms with van der Waals surface area (Å²) in [6.45, 7) is 3.63. The minimum Gasteiger partial charge on any atom is -0.542 e. The Hall–Kier alpha value is 0.560. The largest absolute Gasteiger partial charge is 2.00 e. The van der Waals surface area contributed by atoms with Gasteiger partial charge in [0.25, 0.3) is 0 Å². The van der Waals surface area contributed by atoms with Gasteiger partial charge in [0.1, 0.15) is 0 Å². The van der Waals surface area contributed by atoms with Gasteiger partial charge < -0.3 is 14.7 Å². The van der Waals surface area contributed by atoms with Gasteiger partial charge in [-0.2, -0.15) is 6.42 Å². The van der Waals surface area contributed by atoms with Gasteiger partial charge in [-0.3, -0.25) is 6.29 Å². The van der Waals surface area contributed by atoms with Crippen molar-refractivity contribution in [2.75, 3.05) is 0 Å². The van der Waals surface area contributed by atoms with E-state index in [9.17, 15) is 4.79 Å². The summed E-state index contributed by atoms with van der Waals surface area (Å²) in [6.07, 6.45) is 23.6. The average Bonchev–Trinajstić information content (AvgIpc) is 2.59. The second-order valence-corrected chi connectivity index (χ2v) is 6.64. The van der Waals surface area contributed by atoms with E-state index >= 15 is 0 Å². The van der Waals surface area contributed by atoms with Crippen molar-refractivity contribution in [3.8, 4) is 0 Å². The minimum atomic E-state index is -0.921. The van der Waals surface area contributed by atoms with Crippen LogP contribution in [0.3, 0.4) is 0 Å². The Labute approximate surface area is 186 Å². The van der Waals surface area contributed by atoms with Crippen molar-refractivity contribution in [3.63, 3.8) is 0 Å². The van der Waals surface area contributed by atoms with Crippen LogP contribution in [0.2, 0.25) is 0 Å². The smallest absolute Gasteiger partial charge is 0.542 e. The predicted octanol–water partition coefficient (Wildman–Crippen LogP) is 5.45. The van der Waals surface area contributed by atoms with Gasteiger partial charge >= 0.3 is 37.7 Å². The van der Waals surface area contributed by atoms with Crippen molar-refractivity contribution in [1.82, 2.24) is 0 Å². The van der Waals surface area contributed by atoms with Gasteiger partial charge in [-0.05, 0) is 6.10 Å². The molecule has 0 amide bonds. The molecule has 0 aromatic heterocycles. The molecule has 0 aromatic rings. The van der Waals surface area contributed by atoms with Crippen molar-refractivity contribution >= 4 is 50.3 Å². The van der Waals surface area contributed by atoms with Crippen LogP contribution in [-0.2, 0) is 9.59 Å². The molecule has 1 unspecified atom stereocenters. The summed E-state index contributed by atoms with van der Waals surface area (Å²) >= 11 is 0. The Morgan fingerprint density at radius 2 is 0.960 bits per heavy atom. The quantitative estimate of drug-likeness (QED) is 0.207. The number of carbonyl (C=O) groups excluding carboxylic acids is 2. The summed E-state index contributed by atoms with van der Waals surface area (Å²) in [5, 5.41) is 7.94. The first kappa shape index (κ1) is 30.3. The molecule has 3 nitrogen and oxygen atoms in total. The molecule has 0 heterocycles. The van der Waals surface area contributed by atoms with Crippen LogP contribution in [0.1, 0.15) is 117 Å². The van der Waals surface area contributed by atoms with E-state index in [1.54, 1.807) is 0 Å². The van der Waals surface area contributed by atoms with Crippen molar-refractivity contribution in [1.29, 1.82) is 0 Å². The standard InChI is InChI=1S/C18H35O.C3H5O2.Ca/c1-2-3-4-5-6-7-8-9-10-11-12-13-14-15-16-17-18-19;1-3(5)2-4;/h2-17H2,1H3;3,5H,1H3;/q2*-1;+2. The molecule has 144 valence electrons. The molecule has 0 spiro atoms. The number of aliphatic hydroxyl groups excluding tert-OH is 1. The second-order valence-electron chi connectivity index (χ2n) is 6.64. The third kappa shape index (κ3) is 36.3. The maximum absolute atomic E-state index is 10.0. The van der Waals surface area contributed by atoms with Crippen LogP contribution in [-0.4, -0.2) is 61.5 Å². The zero-order valence-electron chi connectivity index (χ0n) is 16.9. The molecule has 0 bridgehead atoms. The fraction of sp³-hybridized carbons (Fsp3) is 0.905. The Balaban J connectivity index is -0.000000704. The first-order valence-corrected chi connectivity index (χ1v) is 10.1.